The van der Waals surface area contributed by atoms with E-state index in [4.69, 9.17) is 18.9 Å². The van der Waals surface area contributed by atoms with Crippen molar-refractivity contribution in [3.05, 3.63) is 0 Å². The first-order valence-electron chi connectivity index (χ1n) is 11.6. The van der Waals surface area contributed by atoms with Crippen molar-refractivity contribution in [2.24, 2.45) is 17.3 Å². The van der Waals surface area contributed by atoms with Crippen LogP contribution in [0.1, 0.15) is 73.1 Å². The molecular weight excluding hydrogens is 354 g/mol. The highest BCUT2D eigenvalue weighted by atomic mass is 16.7. The van der Waals surface area contributed by atoms with Crippen LogP contribution in [-0.2, 0) is 18.9 Å². The van der Waals surface area contributed by atoms with E-state index in [1.54, 1.807) is 0 Å². The molecule has 5 heteroatoms. The van der Waals surface area contributed by atoms with E-state index >= 15 is 0 Å². The van der Waals surface area contributed by atoms with Crippen LogP contribution in [0.5, 0.6) is 0 Å². The minimum Gasteiger partial charge on any atom is -0.349 e. The van der Waals surface area contributed by atoms with Crippen molar-refractivity contribution in [1.29, 1.82) is 0 Å². The van der Waals surface area contributed by atoms with Gasteiger partial charge >= 0.3 is 0 Å². The number of likely N-dealkylation sites (N-methyl/N-ethyl adjacent to an activating group) is 1. The Morgan fingerprint density at radius 3 is 2.39 bits per heavy atom. The van der Waals surface area contributed by atoms with Crippen LogP contribution in [0.25, 0.3) is 0 Å². The highest BCUT2D eigenvalue weighted by molar-refractivity contribution is 4.90. The van der Waals surface area contributed by atoms with Gasteiger partial charge in [0.25, 0.3) is 0 Å². The lowest BCUT2D eigenvalue weighted by atomic mass is 9.66. The predicted molar refractivity (Wildman–Crippen MR) is 111 cm³/mol. The quantitative estimate of drug-likeness (QED) is 0.575. The highest BCUT2D eigenvalue weighted by Gasteiger charge is 2.46. The van der Waals surface area contributed by atoms with Gasteiger partial charge in [-0.3, -0.25) is 4.90 Å². The Balaban J connectivity index is 1.41. The summed E-state index contributed by atoms with van der Waals surface area (Å²) in [6, 6.07) is 0. The van der Waals surface area contributed by atoms with E-state index in [0.717, 1.165) is 70.6 Å². The summed E-state index contributed by atoms with van der Waals surface area (Å²) in [5.41, 5.74) is 0.416. The summed E-state index contributed by atoms with van der Waals surface area (Å²) in [6.45, 7) is 16.8. The van der Waals surface area contributed by atoms with Crippen LogP contribution in [-0.4, -0.2) is 62.5 Å². The van der Waals surface area contributed by atoms with Gasteiger partial charge in [0.15, 0.2) is 12.1 Å². The standard InChI is InChI=1S/C23H43NO4/c1-6-24(16-21-25-13-14-26-21)12-9-20-17-27-23(28-20)10-7-19(8-11-23)22(4,5)15-18(2)3/h18-21H,6-17H2,1-5H3. The lowest BCUT2D eigenvalue weighted by Crippen LogP contribution is -2.40. The summed E-state index contributed by atoms with van der Waals surface area (Å²) in [6.07, 6.45) is 7.04. The number of nitrogens with zero attached hydrogens (tertiary/aromatic N) is 1. The Hall–Kier alpha value is -0.200. The van der Waals surface area contributed by atoms with Gasteiger partial charge in [0.05, 0.1) is 25.9 Å². The van der Waals surface area contributed by atoms with Gasteiger partial charge in [-0.25, -0.2) is 0 Å². The van der Waals surface area contributed by atoms with Crippen molar-refractivity contribution in [1.82, 2.24) is 4.90 Å². The summed E-state index contributed by atoms with van der Waals surface area (Å²) in [5, 5.41) is 0. The molecular formula is C23H43NO4. The third-order valence-corrected chi connectivity index (χ3v) is 7.01. The molecule has 1 spiro atoms. The zero-order valence-corrected chi connectivity index (χ0v) is 18.9. The molecule has 1 aliphatic carbocycles. The maximum absolute atomic E-state index is 6.49. The second kappa shape index (κ2) is 9.74. The van der Waals surface area contributed by atoms with Crippen LogP contribution in [0.4, 0.5) is 0 Å². The van der Waals surface area contributed by atoms with Gasteiger partial charge in [-0.05, 0) is 49.5 Å². The largest absolute Gasteiger partial charge is 0.349 e. The smallest absolute Gasteiger partial charge is 0.170 e. The van der Waals surface area contributed by atoms with Gasteiger partial charge in [-0.2, -0.15) is 0 Å². The van der Waals surface area contributed by atoms with Crippen LogP contribution >= 0.6 is 0 Å². The van der Waals surface area contributed by atoms with E-state index in [1.165, 1.54) is 19.3 Å². The van der Waals surface area contributed by atoms with Crippen molar-refractivity contribution in [3.63, 3.8) is 0 Å². The molecule has 0 aromatic carbocycles. The van der Waals surface area contributed by atoms with E-state index in [0.29, 0.717) is 5.41 Å². The van der Waals surface area contributed by atoms with Crippen molar-refractivity contribution in [3.8, 4) is 0 Å². The van der Waals surface area contributed by atoms with Gasteiger partial charge in [-0.15, -0.1) is 0 Å². The molecule has 0 aromatic rings. The molecule has 0 amide bonds. The minimum absolute atomic E-state index is 0.0588. The van der Waals surface area contributed by atoms with E-state index in [-0.39, 0.29) is 18.2 Å². The molecule has 1 saturated carbocycles. The second-order valence-electron chi connectivity index (χ2n) is 10.2. The molecule has 3 fully saturated rings. The molecule has 3 rings (SSSR count). The number of rotatable bonds is 9. The number of hydrogen-bond acceptors (Lipinski definition) is 5. The maximum Gasteiger partial charge on any atom is 0.170 e. The first kappa shape index (κ1) is 22.5. The summed E-state index contributed by atoms with van der Waals surface area (Å²) in [5.74, 6) is 1.24. The molecule has 3 aliphatic rings. The van der Waals surface area contributed by atoms with Gasteiger partial charge in [0, 0.05) is 25.9 Å². The summed E-state index contributed by atoms with van der Waals surface area (Å²) in [4.78, 5) is 2.40. The van der Waals surface area contributed by atoms with E-state index in [2.05, 4.69) is 39.5 Å². The minimum atomic E-state index is -0.302. The summed E-state index contributed by atoms with van der Waals surface area (Å²) >= 11 is 0. The van der Waals surface area contributed by atoms with Crippen molar-refractivity contribution >= 4 is 0 Å². The molecule has 0 N–H and O–H groups in total. The average molecular weight is 398 g/mol. The molecule has 28 heavy (non-hydrogen) atoms. The number of hydrogen-bond donors (Lipinski definition) is 0. The van der Waals surface area contributed by atoms with Crippen LogP contribution in [0.3, 0.4) is 0 Å². The Labute approximate surface area is 172 Å². The highest BCUT2D eigenvalue weighted by Crippen LogP contribution is 2.48. The van der Waals surface area contributed by atoms with E-state index in [1.807, 2.05) is 0 Å². The van der Waals surface area contributed by atoms with Gasteiger partial charge in [-0.1, -0.05) is 34.6 Å². The third kappa shape index (κ3) is 5.91. The normalized spacial score (nSPS) is 32.2. The van der Waals surface area contributed by atoms with Crippen LogP contribution in [0.15, 0.2) is 0 Å². The molecule has 0 aromatic heterocycles. The average Bonchev–Trinajstić information content (AvgIpc) is 3.28. The molecule has 0 bridgehead atoms. The summed E-state index contributed by atoms with van der Waals surface area (Å²) < 4.78 is 23.9. The van der Waals surface area contributed by atoms with E-state index < -0.39 is 0 Å². The molecule has 2 saturated heterocycles. The molecule has 5 nitrogen and oxygen atoms in total. The summed E-state index contributed by atoms with van der Waals surface area (Å²) in [7, 11) is 0. The van der Waals surface area contributed by atoms with Crippen molar-refractivity contribution in [2.45, 2.75) is 91.3 Å². The topological polar surface area (TPSA) is 40.2 Å². The molecule has 2 aliphatic heterocycles. The molecule has 1 unspecified atom stereocenters. The predicted octanol–water partition coefficient (Wildman–Crippen LogP) is 4.45. The van der Waals surface area contributed by atoms with Crippen molar-refractivity contribution < 1.29 is 18.9 Å². The monoisotopic (exact) mass is 397 g/mol. The second-order valence-corrected chi connectivity index (χ2v) is 10.2. The lowest BCUT2D eigenvalue weighted by molar-refractivity contribution is -0.198. The zero-order chi connectivity index (χ0) is 20.2. The number of ether oxygens (including phenoxy) is 4. The first-order chi connectivity index (χ1) is 13.3. The van der Waals surface area contributed by atoms with Crippen LogP contribution < -0.4 is 0 Å². The third-order valence-electron chi connectivity index (χ3n) is 7.01. The zero-order valence-electron chi connectivity index (χ0n) is 18.9. The Kier molecular flexibility index (Phi) is 7.82. The molecule has 1 atom stereocenters. The Morgan fingerprint density at radius 2 is 1.79 bits per heavy atom. The lowest BCUT2D eigenvalue weighted by Gasteiger charge is -2.43. The Morgan fingerprint density at radius 1 is 1.11 bits per heavy atom. The van der Waals surface area contributed by atoms with Crippen LogP contribution in [0.2, 0.25) is 0 Å². The van der Waals surface area contributed by atoms with Crippen LogP contribution in [0, 0.1) is 17.3 Å². The maximum atomic E-state index is 6.49. The molecule has 164 valence electrons. The Bertz CT molecular complexity index is 467. The fourth-order valence-electron chi connectivity index (χ4n) is 5.51. The SMILES string of the molecule is CCN(CCC1COC2(CCC(C(C)(C)CC(C)C)CC2)O1)CC1OCCO1. The van der Waals surface area contributed by atoms with Gasteiger partial charge in [0.1, 0.15) is 0 Å². The molecule has 2 heterocycles. The first-order valence-corrected chi connectivity index (χ1v) is 11.6. The van der Waals surface area contributed by atoms with E-state index in [9.17, 15) is 0 Å². The van der Waals surface area contributed by atoms with Gasteiger partial charge in [0.2, 0.25) is 0 Å². The van der Waals surface area contributed by atoms with Gasteiger partial charge < -0.3 is 18.9 Å². The fraction of sp³-hybridized carbons (Fsp3) is 1.00. The van der Waals surface area contributed by atoms with Crippen molar-refractivity contribution in [2.75, 3.05) is 39.5 Å². The fourth-order valence-corrected chi connectivity index (χ4v) is 5.51. The molecule has 0 radical (unpaired) electrons.